The molecule has 1 aromatic carbocycles. The molecule has 5 aromatic rings. The summed E-state index contributed by atoms with van der Waals surface area (Å²) in [6, 6.07) is 8.78. The predicted molar refractivity (Wildman–Crippen MR) is 124 cm³/mol. The van der Waals surface area contributed by atoms with Crippen molar-refractivity contribution in [2.75, 3.05) is 0 Å². The van der Waals surface area contributed by atoms with Crippen LogP contribution in [0.5, 0.6) is 0 Å². The number of carbonyl (C=O) groups is 2. The third-order valence-electron chi connectivity index (χ3n) is 5.61. The fourth-order valence-electron chi connectivity index (χ4n) is 4.04. The van der Waals surface area contributed by atoms with E-state index in [4.69, 9.17) is 5.73 Å². The summed E-state index contributed by atoms with van der Waals surface area (Å²) in [4.78, 5) is 44.4. The summed E-state index contributed by atoms with van der Waals surface area (Å²) in [5, 5.41) is 5.16. The minimum atomic E-state index is -1.19. The number of imidazole rings is 1. The third kappa shape index (κ3) is 3.30. The van der Waals surface area contributed by atoms with Crippen LogP contribution >= 0.6 is 0 Å². The average Bonchev–Trinajstić information content (AvgIpc) is 3.27. The standard InChI is InChI=1S/C23H19N7O4/c1-12-19(11-28(2)27-12)30-20-15-8-13(4-6-16(15)26-10-18(20)29(3)23(30)33)14-5-7-17(25-9-14)21(31)34-22(24)32/h4-11H,1-3H3,(H2,24,32). The number of pyridine rings is 2. The average molecular weight is 457 g/mol. The normalized spacial score (nSPS) is 11.3. The predicted octanol–water partition coefficient (Wildman–Crippen LogP) is 2.22. The van der Waals surface area contributed by atoms with Gasteiger partial charge in [0.2, 0.25) is 0 Å². The number of ether oxygens (including phenoxy) is 1. The summed E-state index contributed by atoms with van der Waals surface area (Å²) in [5.41, 5.74) is 9.67. The molecule has 1 amide bonds. The van der Waals surface area contributed by atoms with E-state index in [1.807, 2.05) is 25.1 Å². The van der Waals surface area contributed by atoms with Crippen LogP contribution in [0.3, 0.4) is 0 Å². The lowest BCUT2D eigenvalue weighted by atomic mass is 10.0. The van der Waals surface area contributed by atoms with Crippen molar-refractivity contribution in [3.63, 3.8) is 0 Å². The second-order valence-electron chi connectivity index (χ2n) is 7.82. The van der Waals surface area contributed by atoms with E-state index in [9.17, 15) is 14.4 Å². The Morgan fingerprint density at radius 2 is 1.79 bits per heavy atom. The Morgan fingerprint density at radius 1 is 1.03 bits per heavy atom. The molecule has 0 saturated heterocycles. The summed E-state index contributed by atoms with van der Waals surface area (Å²) in [5.74, 6) is -0.927. The van der Waals surface area contributed by atoms with Crippen molar-refractivity contribution in [2.45, 2.75) is 6.92 Å². The van der Waals surface area contributed by atoms with E-state index in [-0.39, 0.29) is 11.4 Å². The maximum Gasteiger partial charge on any atom is 0.412 e. The molecule has 11 nitrogen and oxygen atoms in total. The van der Waals surface area contributed by atoms with Gasteiger partial charge in [0, 0.05) is 37.4 Å². The van der Waals surface area contributed by atoms with E-state index >= 15 is 0 Å². The van der Waals surface area contributed by atoms with Gasteiger partial charge in [0.05, 0.1) is 34.1 Å². The van der Waals surface area contributed by atoms with Gasteiger partial charge in [-0.3, -0.25) is 18.8 Å². The number of nitrogens with zero attached hydrogens (tertiary/aromatic N) is 6. The highest BCUT2D eigenvalue weighted by Crippen LogP contribution is 2.30. The van der Waals surface area contributed by atoms with Gasteiger partial charge in [-0.2, -0.15) is 5.10 Å². The number of aryl methyl sites for hydroxylation is 3. The fraction of sp³-hybridized carbons (Fsp3) is 0.130. The van der Waals surface area contributed by atoms with Crippen LogP contribution in [0, 0.1) is 6.92 Å². The van der Waals surface area contributed by atoms with Gasteiger partial charge in [-0.15, -0.1) is 0 Å². The van der Waals surface area contributed by atoms with Crippen LogP contribution in [-0.4, -0.2) is 40.9 Å². The molecule has 0 unspecified atom stereocenters. The van der Waals surface area contributed by atoms with Crippen molar-refractivity contribution in [2.24, 2.45) is 19.8 Å². The molecule has 0 bridgehead atoms. The Labute approximate surface area is 192 Å². The largest absolute Gasteiger partial charge is 0.412 e. The molecule has 0 saturated carbocycles. The number of nitrogens with two attached hydrogens (primary N) is 1. The molecule has 0 atom stereocenters. The zero-order chi connectivity index (χ0) is 24.1. The van der Waals surface area contributed by atoms with Crippen LogP contribution < -0.4 is 11.4 Å². The molecule has 2 N–H and O–H groups in total. The highest BCUT2D eigenvalue weighted by atomic mass is 16.6. The lowest BCUT2D eigenvalue weighted by Crippen LogP contribution is -2.21. The molecule has 0 aliphatic rings. The van der Waals surface area contributed by atoms with Crippen LogP contribution in [0.25, 0.3) is 38.8 Å². The van der Waals surface area contributed by atoms with Gasteiger partial charge in [-0.25, -0.2) is 19.4 Å². The van der Waals surface area contributed by atoms with Crippen LogP contribution in [-0.2, 0) is 18.8 Å². The molecule has 34 heavy (non-hydrogen) atoms. The lowest BCUT2D eigenvalue weighted by molar-refractivity contribution is 0.0632. The van der Waals surface area contributed by atoms with Crippen molar-refractivity contribution < 1.29 is 14.3 Å². The van der Waals surface area contributed by atoms with Gasteiger partial charge in [-0.1, -0.05) is 12.1 Å². The van der Waals surface area contributed by atoms with Gasteiger partial charge in [0.15, 0.2) is 0 Å². The summed E-state index contributed by atoms with van der Waals surface area (Å²) in [7, 11) is 3.51. The second kappa shape index (κ2) is 7.66. The smallest absolute Gasteiger partial charge is 0.372 e. The molecular weight excluding hydrogens is 438 g/mol. The summed E-state index contributed by atoms with van der Waals surface area (Å²) in [6.07, 6.45) is 3.79. The van der Waals surface area contributed by atoms with Gasteiger partial charge in [0.1, 0.15) is 5.69 Å². The van der Waals surface area contributed by atoms with E-state index < -0.39 is 12.1 Å². The van der Waals surface area contributed by atoms with Crippen molar-refractivity contribution in [1.29, 1.82) is 0 Å². The first-order chi connectivity index (χ1) is 16.2. The molecule has 0 aliphatic heterocycles. The Kier molecular flexibility index (Phi) is 4.74. The van der Waals surface area contributed by atoms with E-state index in [1.54, 1.807) is 46.4 Å². The Hall–Kier alpha value is -4.80. The second-order valence-corrected chi connectivity index (χ2v) is 7.82. The van der Waals surface area contributed by atoms with Gasteiger partial charge < -0.3 is 10.5 Å². The minimum absolute atomic E-state index is 0.0450. The maximum atomic E-state index is 13.2. The van der Waals surface area contributed by atoms with E-state index in [1.165, 1.54) is 12.3 Å². The molecule has 0 spiro atoms. The number of rotatable bonds is 3. The van der Waals surface area contributed by atoms with Gasteiger partial charge >= 0.3 is 17.8 Å². The Bertz CT molecular complexity index is 1680. The van der Waals surface area contributed by atoms with Crippen LogP contribution in [0.4, 0.5) is 4.79 Å². The number of aromatic nitrogens is 6. The van der Waals surface area contributed by atoms with Gasteiger partial charge in [0.25, 0.3) is 0 Å². The topological polar surface area (TPSA) is 140 Å². The highest BCUT2D eigenvalue weighted by molar-refractivity contribution is 6.04. The number of amides is 1. The quantitative estimate of drug-likeness (QED) is 0.324. The number of fused-ring (bicyclic) bond motifs is 3. The number of primary amides is 1. The molecule has 0 radical (unpaired) electrons. The fourth-order valence-corrected chi connectivity index (χ4v) is 4.04. The number of hydrogen-bond acceptors (Lipinski definition) is 7. The minimum Gasteiger partial charge on any atom is -0.372 e. The molecule has 0 aliphatic carbocycles. The number of esters is 1. The summed E-state index contributed by atoms with van der Waals surface area (Å²) < 4.78 is 9.23. The van der Waals surface area contributed by atoms with E-state index in [0.29, 0.717) is 22.2 Å². The highest BCUT2D eigenvalue weighted by Gasteiger charge is 2.19. The number of carbonyl (C=O) groups excluding carboxylic acids is 2. The molecular formula is C23H19N7O4. The summed E-state index contributed by atoms with van der Waals surface area (Å²) >= 11 is 0. The maximum absolute atomic E-state index is 13.2. The molecule has 4 aromatic heterocycles. The Balaban J connectivity index is 1.70. The Morgan fingerprint density at radius 3 is 2.44 bits per heavy atom. The first-order valence-electron chi connectivity index (χ1n) is 10.2. The molecule has 0 fully saturated rings. The first kappa shape index (κ1) is 21.1. The van der Waals surface area contributed by atoms with Crippen LogP contribution in [0.15, 0.2) is 53.7 Å². The van der Waals surface area contributed by atoms with Gasteiger partial charge in [-0.05, 0) is 30.7 Å². The molecule has 11 heteroatoms. The zero-order valence-corrected chi connectivity index (χ0v) is 18.5. The molecule has 4 heterocycles. The van der Waals surface area contributed by atoms with Crippen molar-refractivity contribution >= 4 is 34.0 Å². The van der Waals surface area contributed by atoms with Crippen molar-refractivity contribution in [1.82, 2.24) is 28.9 Å². The van der Waals surface area contributed by atoms with Crippen LogP contribution in [0.1, 0.15) is 16.2 Å². The zero-order valence-electron chi connectivity index (χ0n) is 18.5. The number of benzene rings is 1. The van der Waals surface area contributed by atoms with Crippen molar-refractivity contribution in [3.8, 4) is 16.8 Å². The monoisotopic (exact) mass is 457 g/mol. The van der Waals surface area contributed by atoms with E-state index in [0.717, 1.165) is 22.2 Å². The van der Waals surface area contributed by atoms with Crippen LogP contribution in [0.2, 0.25) is 0 Å². The van der Waals surface area contributed by atoms with Crippen molar-refractivity contribution in [3.05, 3.63) is 70.8 Å². The lowest BCUT2D eigenvalue weighted by Gasteiger charge is -2.08. The molecule has 170 valence electrons. The third-order valence-corrected chi connectivity index (χ3v) is 5.61. The number of hydrogen-bond donors (Lipinski definition) is 1. The van der Waals surface area contributed by atoms with E-state index in [2.05, 4.69) is 19.8 Å². The first-order valence-corrected chi connectivity index (χ1v) is 10.2. The SMILES string of the molecule is Cc1nn(C)cc1-n1c(=O)n(C)c2cnc3ccc(-c4ccc(C(=O)OC(N)=O)nc4)cc3c21. The summed E-state index contributed by atoms with van der Waals surface area (Å²) in [6.45, 7) is 1.85. The molecule has 5 rings (SSSR count).